The summed E-state index contributed by atoms with van der Waals surface area (Å²) in [6, 6.07) is 2.70. The van der Waals surface area contributed by atoms with E-state index in [0.29, 0.717) is 13.1 Å². The molecule has 1 saturated heterocycles. The van der Waals surface area contributed by atoms with Crippen molar-refractivity contribution in [3.63, 3.8) is 0 Å². The van der Waals surface area contributed by atoms with Gasteiger partial charge in [0.1, 0.15) is 12.1 Å². The Morgan fingerprint density at radius 1 is 1.28 bits per heavy atom. The first kappa shape index (κ1) is 12.3. The predicted molar refractivity (Wildman–Crippen MR) is 63.5 cm³/mol. The van der Waals surface area contributed by atoms with Crippen LogP contribution >= 0.6 is 0 Å². The van der Waals surface area contributed by atoms with Gasteiger partial charge in [0.25, 0.3) is 5.56 Å². The number of amides is 1. The maximum atomic E-state index is 11.9. The van der Waals surface area contributed by atoms with Crippen molar-refractivity contribution < 1.29 is 14.7 Å². The first-order chi connectivity index (χ1) is 8.59. The van der Waals surface area contributed by atoms with Crippen molar-refractivity contribution in [1.82, 2.24) is 9.47 Å². The molecule has 0 bridgehead atoms. The number of nitrogens with zero attached hydrogens (tertiary/aromatic N) is 2. The quantitative estimate of drug-likeness (QED) is 0.829. The second-order valence-electron chi connectivity index (χ2n) is 4.25. The summed E-state index contributed by atoms with van der Waals surface area (Å²) in [5.74, 6) is -1.42. The second-order valence-corrected chi connectivity index (χ2v) is 4.25. The summed E-state index contributed by atoms with van der Waals surface area (Å²) in [6.45, 7) is 1.33. The highest BCUT2D eigenvalue weighted by Gasteiger charge is 2.19. The summed E-state index contributed by atoms with van der Waals surface area (Å²) in [7, 11) is 0. The van der Waals surface area contributed by atoms with Crippen LogP contribution in [-0.2, 0) is 11.3 Å². The number of aromatic nitrogens is 1. The SMILES string of the molecule is O=C(O)c1cccn(CC(=O)N2CCCC2)c1=O. The zero-order valence-corrected chi connectivity index (χ0v) is 9.83. The van der Waals surface area contributed by atoms with Gasteiger partial charge in [-0.25, -0.2) is 4.79 Å². The Labute approximate surface area is 103 Å². The molecule has 0 aromatic carbocycles. The summed E-state index contributed by atoms with van der Waals surface area (Å²) in [6.07, 6.45) is 3.40. The number of rotatable bonds is 3. The van der Waals surface area contributed by atoms with Crippen molar-refractivity contribution in [2.24, 2.45) is 0 Å². The van der Waals surface area contributed by atoms with Crippen LogP contribution in [0.25, 0.3) is 0 Å². The number of carbonyl (C=O) groups is 2. The number of aromatic carboxylic acids is 1. The third kappa shape index (κ3) is 2.42. The molecular formula is C12H14N2O4. The lowest BCUT2D eigenvalue weighted by molar-refractivity contribution is -0.130. The molecular weight excluding hydrogens is 236 g/mol. The molecule has 6 heteroatoms. The minimum Gasteiger partial charge on any atom is -0.477 e. The Morgan fingerprint density at radius 3 is 2.56 bits per heavy atom. The third-order valence-corrected chi connectivity index (χ3v) is 3.01. The number of carboxylic acid groups (broad SMARTS) is 1. The zero-order chi connectivity index (χ0) is 13.1. The summed E-state index contributed by atoms with van der Waals surface area (Å²) < 4.78 is 1.14. The van der Waals surface area contributed by atoms with Gasteiger partial charge in [-0.05, 0) is 25.0 Å². The van der Waals surface area contributed by atoms with Crippen LogP contribution in [0.5, 0.6) is 0 Å². The Hall–Kier alpha value is -2.11. The minimum atomic E-state index is -1.28. The molecule has 1 aliphatic heterocycles. The van der Waals surface area contributed by atoms with Gasteiger partial charge in [0.15, 0.2) is 0 Å². The van der Waals surface area contributed by atoms with E-state index in [2.05, 4.69) is 0 Å². The lowest BCUT2D eigenvalue weighted by atomic mass is 10.3. The molecule has 1 N–H and O–H groups in total. The molecule has 18 heavy (non-hydrogen) atoms. The molecule has 1 amide bonds. The number of carboxylic acids is 1. The molecule has 96 valence electrons. The highest BCUT2D eigenvalue weighted by molar-refractivity contribution is 5.87. The molecule has 0 saturated carbocycles. The number of likely N-dealkylation sites (tertiary alicyclic amines) is 1. The normalized spacial score (nSPS) is 14.8. The van der Waals surface area contributed by atoms with E-state index < -0.39 is 11.5 Å². The van der Waals surface area contributed by atoms with Gasteiger partial charge in [0.05, 0.1) is 0 Å². The van der Waals surface area contributed by atoms with E-state index in [1.54, 1.807) is 4.90 Å². The van der Waals surface area contributed by atoms with Gasteiger partial charge < -0.3 is 14.6 Å². The maximum Gasteiger partial charge on any atom is 0.341 e. The third-order valence-electron chi connectivity index (χ3n) is 3.01. The monoisotopic (exact) mass is 250 g/mol. The fraction of sp³-hybridized carbons (Fsp3) is 0.417. The largest absolute Gasteiger partial charge is 0.477 e. The highest BCUT2D eigenvalue weighted by Crippen LogP contribution is 2.07. The number of pyridine rings is 1. The standard InChI is InChI=1S/C12H14N2O4/c15-10(13-5-1-2-6-13)8-14-7-3-4-9(11(14)16)12(17)18/h3-4,7H,1-2,5-6,8H2,(H,17,18). The van der Waals surface area contributed by atoms with Gasteiger partial charge in [-0.1, -0.05) is 0 Å². The molecule has 0 radical (unpaired) electrons. The van der Waals surface area contributed by atoms with Crippen LogP contribution < -0.4 is 5.56 Å². The van der Waals surface area contributed by atoms with Crippen molar-refractivity contribution in [2.45, 2.75) is 19.4 Å². The minimum absolute atomic E-state index is 0.0973. The molecule has 0 aliphatic carbocycles. The molecule has 1 aromatic heterocycles. The summed E-state index contributed by atoms with van der Waals surface area (Å²) in [5, 5.41) is 8.83. The van der Waals surface area contributed by atoms with Crippen LogP contribution in [0.3, 0.4) is 0 Å². The molecule has 1 aliphatic rings. The van der Waals surface area contributed by atoms with Gasteiger partial charge in [-0.2, -0.15) is 0 Å². The maximum absolute atomic E-state index is 11.9. The average molecular weight is 250 g/mol. The predicted octanol–water partition coefficient (Wildman–Crippen LogP) is 0.169. The smallest absolute Gasteiger partial charge is 0.341 e. The molecule has 1 fully saturated rings. The second kappa shape index (κ2) is 5.03. The Kier molecular flexibility index (Phi) is 3.45. The molecule has 6 nitrogen and oxygen atoms in total. The van der Waals surface area contributed by atoms with Gasteiger partial charge in [-0.3, -0.25) is 9.59 Å². The summed E-state index contributed by atoms with van der Waals surface area (Å²) >= 11 is 0. The zero-order valence-electron chi connectivity index (χ0n) is 9.83. The van der Waals surface area contributed by atoms with Crippen LogP contribution in [0, 0.1) is 0 Å². The van der Waals surface area contributed by atoms with Gasteiger partial charge in [0.2, 0.25) is 5.91 Å². The fourth-order valence-corrected chi connectivity index (χ4v) is 2.04. The Bertz CT molecular complexity index is 529. The van der Waals surface area contributed by atoms with E-state index in [-0.39, 0.29) is 18.0 Å². The van der Waals surface area contributed by atoms with Crippen molar-refractivity contribution in [1.29, 1.82) is 0 Å². The van der Waals surface area contributed by atoms with E-state index >= 15 is 0 Å². The van der Waals surface area contributed by atoms with Gasteiger partial charge in [0, 0.05) is 19.3 Å². The van der Waals surface area contributed by atoms with E-state index in [1.165, 1.54) is 18.3 Å². The first-order valence-corrected chi connectivity index (χ1v) is 5.80. The molecule has 2 rings (SSSR count). The molecule has 0 unspecified atom stereocenters. The molecule has 1 aromatic rings. The lowest BCUT2D eigenvalue weighted by Gasteiger charge is -2.15. The van der Waals surface area contributed by atoms with Crippen LogP contribution in [0.2, 0.25) is 0 Å². The number of hydrogen-bond acceptors (Lipinski definition) is 3. The highest BCUT2D eigenvalue weighted by atomic mass is 16.4. The first-order valence-electron chi connectivity index (χ1n) is 5.80. The van der Waals surface area contributed by atoms with Crippen molar-refractivity contribution >= 4 is 11.9 Å². The van der Waals surface area contributed by atoms with Crippen LogP contribution in [0.15, 0.2) is 23.1 Å². The van der Waals surface area contributed by atoms with Gasteiger partial charge >= 0.3 is 5.97 Å². The van der Waals surface area contributed by atoms with E-state index in [0.717, 1.165) is 17.4 Å². The van der Waals surface area contributed by atoms with Crippen LogP contribution in [-0.4, -0.2) is 39.5 Å². The molecule has 0 spiro atoms. The van der Waals surface area contributed by atoms with Crippen molar-refractivity contribution in [2.75, 3.05) is 13.1 Å². The average Bonchev–Trinajstić information content (AvgIpc) is 2.85. The Morgan fingerprint density at radius 2 is 1.94 bits per heavy atom. The Balaban J connectivity index is 2.19. The van der Waals surface area contributed by atoms with E-state index in [4.69, 9.17) is 5.11 Å². The van der Waals surface area contributed by atoms with Crippen molar-refractivity contribution in [3.05, 3.63) is 34.2 Å². The van der Waals surface area contributed by atoms with E-state index in [9.17, 15) is 14.4 Å². The van der Waals surface area contributed by atoms with Crippen molar-refractivity contribution in [3.8, 4) is 0 Å². The lowest BCUT2D eigenvalue weighted by Crippen LogP contribution is -2.35. The fourth-order valence-electron chi connectivity index (χ4n) is 2.04. The number of carbonyl (C=O) groups excluding carboxylic acids is 1. The molecule has 0 atom stereocenters. The van der Waals surface area contributed by atoms with E-state index in [1.807, 2.05) is 0 Å². The van der Waals surface area contributed by atoms with Crippen LogP contribution in [0.4, 0.5) is 0 Å². The van der Waals surface area contributed by atoms with Gasteiger partial charge in [-0.15, -0.1) is 0 Å². The van der Waals surface area contributed by atoms with Crippen LogP contribution in [0.1, 0.15) is 23.2 Å². The summed E-state index contributed by atoms with van der Waals surface area (Å²) in [4.78, 5) is 36.1. The summed E-state index contributed by atoms with van der Waals surface area (Å²) in [5.41, 5.74) is -0.954. The topological polar surface area (TPSA) is 79.6 Å². The molecule has 2 heterocycles. The number of hydrogen-bond donors (Lipinski definition) is 1.